The van der Waals surface area contributed by atoms with Gasteiger partial charge in [-0.2, -0.15) is 5.26 Å². The van der Waals surface area contributed by atoms with E-state index in [1.54, 1.807) is 30.3 Å². The molecule has 2 aromatic heterocycles. The Labute approximate surface area is 236 Å². The minimum absolute atomic E-state index is 0.0260. The Kier molecular flexibility index (Phi) is 7.82. The van der Waals surface area contributed by atoms with Crippen molar-refractivity contribution in [3.63, 3.8) is 0 Å². The van der Waals surface area contributed by atoms with Crippen LogP contribution in [-0.4, -0.2) is 56.3 Å². The summed E-state index contributed by atoms with van der Waals surface area (Å²) in [5.41, 5.74) is 6.39. The van der Waals surface area contributed by atoms with Gasteiger partial charge in [-0.1, -0.05) is 18.2 Å². The average Bonchev–Trinajstić information content (AvgIpc) is 3.23. The Morgan fingerprint density at radius 3 is 2.54 bits per heavy atom. The Morgan fingerprint density at radius 1 is 1.17 bits per heavy atom. The molecule has 1 aliphatic rings. The van der Waals surface area contributed by atoms with Crippen molar-refractivity contribution in [1.29, 1.82) is 5.26 Å². The third kappa shape index (κ3) is 6.11. The average molecular weight is 555 g/mol. The number of amides is 1. The van der Waals surface area contributed by atoms with Gasteiger partial charge in [-0.15, -0.1) is 0 Å². The topological polar surface area (TPSA) is 162 Å². The lowest BCUT2D eigenvalue weighted by Crippen LogP contribution is -2.54. The maximum Gasteiger partial charge on any atom is 0.335 e. The minimum atomic E-state index is -0.586. The number of fused-ring (bicyclic) bond motifs is 1. The van der Waals surface area contributed by atoms with Crippen LogP contribution >= 0.6 is 0 Å². The fraction of sp³-hybridized carbons (Fsp3) is 0.276. The Morgan fingerprint density at radius 2 is 1.88 bits per heavy atom. The number of aromatic nitrogens is 4. The fourth-order valence-corrected chi connectivity index (χ4v) is 4.60. The van der Waals surface area contributed by atoms with Gasteiger partial charge >= 0.3 is 5.69 Å². The van der Waals surface area contributed by atoms with E-state index in [1.807, 2.05) is 50.2 Å². The molecule has 0 spiro atoms. The Balaban J connectivity index is 1.34. The highest BCUT2D eigenvalue weighted by Crippen LogP contribution is 2.25. The van der Waals surface area contributed by atoms with E-state index in [1.165, 1.54) is 15.5 Å². The second-order valence-electron chi connectivity index (χ2n) is 10.1. The SMILES string of the molecule is CC(C)(C=C(C#N)C(=O)NCCn1c(=O)n(-c2ccc(Oc3ccccc3)cc2)c2c(N)ncnc21)NC1COC1. The van der Waals surface area contributed by atoms with Crippen LogP contribution in [0.4, 0.5) is 5.82 Å². The lowest BCUT2D eigenvalue weighted by atomic mass is 9.99. The Bertz CT molecular complexity index is 1680. The van der Waals surface area contributed by atoms with Crippen LogP contribution < -0.4 is 26.8 Å². The van der Waals surface area contributed by atoms with Gasteiger partial charge in [0.2, 0.25) is 0 Å². The first-order valence-corrected chi connectivity index (χ1v) is 13.1. The number of benzene rings is 2. The van der Waals surface area contributed by atoms with Crippen molar-refractivity contribution in [3.05, 3.63) is 83.1 Å². The zero-order chi connectivity index (χ0) is 29.0. The number of para-hydroxylation sites is 1. The summed E-state index contributed by atoms with van der Waals surface area (Å²) >= 11 is 0. The first kappa shape index (κ1) is 27.6. The van der Waals surface area contributed by atoms with Gasteiger partial charge in [0.25, 0.3) is 5.91 Å². The van der Waals surface area contributed by atoms with Gasteiger partial charge in [-0.3, -0.25) is 13.9 Å². The van der Waals surface area contributed by atoms with E-state index < -0.39 is 17.1 Å². The molecule has 5 rings (SSSR count). The zero-order valence-electron chi connectivity index (χ0n) is 22.7. The Hall–Kier alpha value is -4.99. The molecule has 1 aliphatic heterocycles. The molecule has 1 saturated heterocycles. The summed E-state index contributed by atoms with van der Waals surface area (Å²) < 4.78 is 13.9. The number of nitrogens with two attached hydrogens (primary N) is 1. The largest absolute Gasteiger partial charge is 0.457 e. The van der Waals surface area contributed by atoms with Gasteiger partial charge in [0.05, 0.1) is 24.9 Å². The maximum atomic E-state index is 13.6. The number of rotatable bonds is 10. The molecule has 0 aliphatic carbocycles. The standard InChI is InChI=1S/C29H30N8O4/c1-29(2,35-20-16-40-17-20)14-19(15-30)27(38)32-12-13-36-26-24(25(31)33-18-34-26)37(28(36)39)21-8-10-23(11-9-21)41-22-6-4-3-5-7-22/h3-11,14,18,20,35H,12-13,16-17H2,1-2H3,(H,32,38)(H2,31,33,34). The number of nitriles is 1. The summed E-state index contributed by atoms with van der Waals surface area (Å²) in [6.45, 7) is 5.12. The molecule has 0 atom stereocenters. The second kappa shape index (κ2) is 11.6. The molecule has 1 amide bonds. The molecule has 12 heteroatoms. The number of hydrogen-bond acceptors (Lipinski definition) is 9. The number of imidazole rings is 1. The van der Waals surface area contributed by atoms with E-state index in [0.29, 0.717) is 41.6 Å². The number of anilines is 1. The van der Waals surface area contributed by atoms with Crippen LogP contribution in [0.5, 0.6) is 11.5 Å². The minimum Gasteiger partial charge on any atom is -0.457 e. The summed E-state index contributed by atoms with van der Waals surface area (Å²) in [6, 6.07) is 18.5. The normalized spacial score (nSPS) is 13.9. The lowest BCUT2D eigenvalue weighted by Gasteiger charge is -2.34. The van der Waals surface area contributed by atoms with Crippen molar-refractivity contribution in [2.75, 3.05) is 25.5 Å². The first-order valence-electron chi connectivity index (χ1n) is 13.1. The molecule has 41 heavy (non-hydrogen) atoms. The van der Waals surface area contributed by atoms with Crippen LogP contribution in [0.2, 0.25) is 0 Å². The highest BCUT2D eigenvalue weighted by molar-refractivity contribution is 5.97. The monoisotopic (exact) mass is 554 g/mol. The summed E-state index contributed by atoms with van der Waals surface area (Å²) in [5.74, 6) is 0.897. The molecule has 0 saturated carbocycles. The summed E-state index contributed by atoms with van der Waals surface area (Å²) in [5, 5.41) is 15.7. The molecule has 3 heterocycles. The van der Waals surface area contributed by atoms with Gasteiger partial charge in [0.1, 0.15) is 35.0 Å². The van der Waals surface area contributed by atoms with Crippen LogP contribution in [0, 0.1) is 11.3 Å². The smallest absolute Gasteiger partial charge is 0.335 e. The predicted molar refractivity (Wildman–Crippen MR) is 153 cm³/mol. The third-order valence-corrected chi connectivity index (χ3v) is 6.51. The molecule has 4 aromatic rings. The van der Waals surface area contributed by atoms with Crippen LogP contribution in [0.15, 0.2) is 77.4 Å². The van der Waals surface area contributed by atoms with Gasteiger partial charge in [0.15, 0.2) is 11.5 Å². The van der Waals surface area contributed by atoms with Crippen LogP contribution in [0.3, 0.4) is 0 Å². The fourth-order valence-electron chi connectivity index (χ4n) is 4.60. The zero-order valence-corrected chi connectivity index (χ0v) is 22.7. The second-order valence-corrected chi connectivity index (χ2v) is 10.1. The van der Waals surface area contributed by atoms with Crippen molar-refractivity contribution in [3.8, 4) is 23.3 Å². The molecule has 0 radical (unpaired) electrons. The quantitative estimate of drug-likeness (QED) is 0.197. The van der Waals surface area contributed by atoms with E-state index in [0.717, 1.165) is 0 Å². The summed E-state index contributed by atoms with van der Waals surface area (Å²) in [7, 11) is 0. The van der Waals surface area contributed by atoms with Crippen LogP contribution in [0.25, 0.3) is 16.9 Å². The molecular formula is C29H30N8O4. The molecule has 0 bridgehead atoms. The molecule has 0 unspecified atom stereocenters. The number of nitrogens with zero attached hydrogens (tertiary/aromatic N) is 5. The van der Waals surface area contributed by atoms with Crippen molar-refractivity contribution in [2.45, 2.75) is 32.0 Å². The number of nitrogen functional groups attached to an aromatic ring is 1. The van der Waals surface area contributed by atoms with E-state index in [4.69, 9.17) is 15.2 Å². The van der Waals surface area contributed by atoms with Gasteiger partial charge in [0, 0.05) is 18.6 Å². The van der Waals surface area contributed by atoms with E-state index in [2.05, 4.69) is 20.6 Å². The van der Waals surface area contributed by atoms with Gasteiger partial charge in [-0.25, -0.2) is 14.8 Å². The number of nitrogens with one attached hydrogen (secondary N) is 2. The number of carbonyl (C=O) groups is 1. The number of ether oxygens (including phenoxy) is 2. The molecule has 2 aromatic carbocycles. The van der Waals surface area contributed by atoms with Crippen molar-refractivity contribution < 1.29 is 14.3 Å². The van der Waals surface area contributed by atoms with E-state index in [9.17, 15) is 14.9 Å². The highest BCUT2D eigenvalue weighted by atomic mass is 16.5. The first-order chi connectivity index (χ1) is 19.8. The molecule has 4 N–H and O–H groups in total. The number of carbonyl (C=O) groups excluding carboxylic acids is 1. The van der Waals surface area contributed by atoms with E-state index >= 15 is 0 Å². The molecule has 1 fully saturated rings. The van der Waals surface area contributed by atoms with Gasteiger partial charge < -0.3 is 25.8 Å². The van der Waals surface area contributed by atoms with Gasteiger partial charge in [-0.05, 0) is 56.3 Å². The third-order valence-electron chi connectivity index (χ3n) is 6.51. The predicted octanol–water partition coefficient (Wildman–Crippen LogP) is 2.29. The summed E-state index contributed by atoms with van der Waals surface area (Å²) in [4.78, 5) is 34.7. The van der Waals surface area contributed by atoms with E-state index in [-0.39, 0.29) is 30.5 Å². The summed E-state index contributed by atoms with van der Waals surface area (Å²) in [6.07, 6.45) is 2.88. The van der Waals surface area contributed by atoms with Crippen molar-refractivity contribution in [2.24, 2.45) is 0 Å². The maximum absolute atomic E-state index is 13.6. The molecular weight excluding hydrogens is 524 g/mol. The molecule has 210 valence electrons. The lowest BCUT2D eigenvalue weighted by molar-refractivity contribution is -0.117. The molecule has 12 nitrogen and oxygen atoms in total. The highest BCUT2D eigenvalue weighted by Gasteiger charge is 2.27. The van der Waals surface area contributed by atoms with Crippen LogP contribution in [0.1, 0.15) is 13.8 Å². The number of hydrogen-bond donors (Lipinski definition) is 3. The van der Waals surface area contributed by atoms with Crippen molar-refractivity contribution >= 4 is 22.9 Å². The van der Waals surface area contributed by atoms with Crippen molar-refractivity contribution in [1.82, 2.24) is 29.7 Å². The van der Waals surface area contributed by atoms with Crippen LogP contribution in [-0.2, 0) is 16.1 Å².